The molecular formula is C13H14ClN5O2. The third-order valence-electron chi connectivity index (χ3n) is 3.32. The Morgan fingerprint density at radius 1 is 1.52 bits per heavy atom. The second kappa shape index (κ2) is 5.80. The van der Waals surface area contributed by atoms with Crippen molar-refractivity contribution >= 4 is 23.2 Å². The van der Waals surface area contributed by atoms with Crippen LogP contribution < -0.4 is 10.6 Å². The molecule has 1 saturated heterocycles. The number of carbonyl (C=O) groups excluding carboxylic acids is 1. The van der Waals surface area contributed by atoms with Crippen LogP contribution in [-0.4, -0.2) is 44.5 Å². The number of carbonyl (C=O) groups is 1. The summed E-state index contributed by atoms with van der Waals surface area (Å²) < 4.78 is 1.49. The number of benzene rings is 1. The zero-order chi connectivity index (χ0) is 14.8. The van der Waals surface area contributed by atoms with Crippen molar-refractivity contribution in [1.29, 1.82) is 0 Å². The third-order valence-corrected chi connectivity index (χ3v) is 3.62. The fraction of sp³-hybridized carbons (Fsp3) is 0.308. The van der Waals surface area contributed by atoms with Crippen LogP contribution in [0.5, 0.6) is 0 Å². The molecule has 8 heteroatoms. The number of hydrogen-bond donors (Lipinski definition) is 3. The highest BCUT2D eigenvalue weighted by Gasteiger charge is 2.28. The number of anilines is 1. The van der Waals surface area contributed by atoms with E-state index < -0.39 is 12.1 Å². The van der Waals surface area contributed by atoms with E-state index in [-0.39, 0.29) is 5.91 Å². The minimum Gasteiger partial charge on any atom is -0.392 e. The second-order valence-corrected chi connectivity index (χ2v) is 5.22. The van der Waals surface area contributed by atoms with E-state index >= 15 is 0 Å². The zero-order valence-corrected chi connectivity index (χ0v) is 11.8. The van der Waals surface area contributed by atoms with Crippen molar-refractivity contribution in [3.8, 4) is 5.69 Å². The number of aliphatic hydroxyl groups excluding tert-OH is 1. The van der Waals surface area contributed by atoms with E-state index in [2.05, 4.69) is 20.7 Å². The number of amides is 1. The molecule has 0 spiro atoms. The SMILES string of the molecule is O=C(Nc1cccc(Cl)c1-n1cncn1)C1CC(O)CN1. The van der Waals surface area contributed by atoms with Crippen molar-refractivity contribution in [2.75, 3.05) is 11.9 Å². The van der Waals surface area contributed by atoms with Crippen LogP contribution in [0.3, 0.4) is 0 Å². The van der Waals surface area contributed by atoms with E-state index in [1.807, 2.05) is 0 Å². The summed E-state index contributed by atoms with van der Waals surface area (Å²) in [6.45, 7) is 0.420. The molecule has 7 nitrogen and oxygen atoms in total. The van der Waals surface area contributed by atoms with Crippen molar-refractivity contribution in [1.82, 2.24) is 20.1 Å². The van der Waals surface area contributed by atoms with Gasteiger partial charge in [0, 0.05) is 6.54 Å². The molecule has 0 bridgehead atoms. The summed E-state index contributed by atoms with van der Waals surface area (Å²) in [5.41, 5.74) is 1.10. The molecule has 0 saturated carbocycles. The Bertz CT molecular complexity index is 646. The van der Waals surface area contributed by atoms with E-state index in [0.29, 0.717) is 29.4 Å². The van der Waals surface area contributed by atoms with Crippen LogP contribution in [0.4, 0.5) is 5.69 Å². The molecule has 110 valence electrons. The maximum atomic E-state index is 12.2. The predicted molar refractivity (Wildman–Crippen MR) is 77.4 cm³/mol. The highest BCUT2D eigenvalue weighted by Crippen LogP contribution is 2.28. The molecular weight excluding hydrogens is 294 g/mol. The normalized spacial score (nSPS) is 21.4. The van der Waals surface area contributed by atoms with Gasteiger partial charge in [-0.15, -0.1) is 0 Å². The van der Waals surface area contributed by atoms with Gasteiger partial charge in [0.05, 0.1) is 22.9 Å². The number of rotatable bonds is 3. The van der Waals surface area contributed by atoms with Crippen LogP contribution in [0.15, 0.2) is 30.9 Å². The lowest BCUT2D eigenvalue weighted by Crippen LogP contribution is -2.35. The molecule has 1 aromatic carbocycles. The van der Waals surface area contributed by atoms with Crippen molar-refractivity contribution in [2.45, 2.75) is 18.6 Å². The van der Waals surface area contributed by atoms with Gasteiger partial charge in [0.15, 0.2) is 0 Å². The Morgan fingerprint density at radius 2 is 2.38 bits per heavy atom. The minimum atomic E-state index is -0.491. The average Bonchev–Trinajstić information content (AvgIpc) is 3.10. The van der Waals surface area contributed by atoms with Gasteiger partial charge in [0.25, 0.3) is 0 Å². The van der Waals surface area contributed by atoms with Crippen molar-refractivity contribution in [3.05, 3.63) is 35.9 Å². The highest BCUT2D eigenvalue weighted by molar-refractivity contribution is 6.33. The Balaban J connectivity index is 1.86. The Hall–Kier alpha value is -1.96. The number of aromatic nitrogens is 3. The lowest BCUT2D eigenvalue weighted by molar-refractivity contribution is -0.117. The molecule has 2 unspecified atom stereocenters. The average molecular weight is 308 g/mol. The molecule has 2 heterocycles. The topological polar surface area (TPSA) is 92.1 Å². The smallest absolute Gasteiger partial charge is 0.241 e. The maximum absolute atomic E-state index is 12.2. The first kappa shape index (κ1) is 14.0. The lowest BCUT2D eigenvalue weighted by atomic mass is 10.2. The second-order valence-electron chi connectivity index (χ2n) is 4.82. The Labute approximate surface area is 125 Å². The van der Waals surface area contributed by atoms with Crippen molar-refractivity contribution in [2.24, 2.45) is 0 Å². The summed E-state index contributed by atoms with van der Waals surface area (Å²) in [7, 11) is 0. The number of β-amino-alcohol motifs (C(OH)–C–C–N with tert-alkyl or cyclic N) is 1. The predicted octanol–water partition coefficient (Wildman–Crippen LogP) is 0.582. The molecule has 21 heavy (non-hydrogen) atoms. The van der Waals surface area contributed by atoms with E-state index in [0.717, 1.165) is 0 Å². The van der Waals surface area contributed by atoms with Gasteiger partial charge in [-0.1, -0.05) is 17.7 Å². The minimum absolute atomic E-state index is 0.213. The Kier molecular flexibility index (Phi) is 3.87. The summed E-state index contributed by atoms with van der Waals surface area (Å²) in [4.78, 5) is 16.1. The molecule has 0 radical (unpaired) electrons. The van der Waals surface area contributed by atoms with Crippen molar-refractivity contribution < 1.29 is 9.90 Å². The Morgan fingerprint density at radius 3 is 3.05 bits per heavy atom. The quantitative estimate of drug-likeness (QED) is 0.771. The van der Waals surface area contributed by atoms with Gasteiger partial charge in [-0.05, 0) is 18.6 Å². The number of hydrogen-bond acceptors (Lipinski definition) is 5. The fourth-order valence-electron chi connectivity index (χ4n) is 2.31. The van der Waals surface area contributed by atoms with Gasteiger partial charge in [-0.3, -0.25) is 4.79 Å². The maximum Gasteiger partial charge on any atom is 0.241 e. The summed E-state index contributed by atoms with van der Waals surface area (Å²) in [5, 5.41) is 19.8. The number of para-hydroxylation sites is 1. The zero-order valence-electron chi connectivity index (χ0n) is 11.0. The third kappa shape index (κ3) is 2.90. The van der Waals surface area contributed by atoms with E-state index in [1.54, 1.807) is 18.2 Å². The van der Waals surface area contributed by atoms with E-state index in [9.17, 15) is 9.90 Å². The van der Waals surface area contributed by atoms with Gasteiger partial charge < -0.3 is 15.7 Å². The fourth-order valence-corrected chi connectivity index (χ4v) is 2.57. The molecule has 1 aliphatic heterocycles. The first-order valence-electron chi connectivity index (χ1n) is 6.51. The van der Waals surface area contributed by atoms with Crippen LogP contribution in [-0.2, 0) is 4.79 Å². The highest BCUT2D eigenvalue weighted by atomic mass is 35.5. The van der Waals surface area contributed by atoms with Crippen LogP contribution in [0.2, 0.25) is 5.02 Å². The lowest BCUT2D eigenvalue weighted by Gasteiger charge is -2.15. The summed E-state index contributed by atoms with van der Waals surface area (Å²) in [6, 6.07) is 4.79. The molecule has 3 N–H and O–H groups in total. The number of aliphatic hydroxyl groups is 1. The van der Waals surface area contributed by atoms with Crippen molar-refractivity contribution in [3.63, 3.8) is 0 Å². The molecule has 1 fully saturated rings. The summed E-state index contributed by atoms with van der Waals surface area (Å²) in [5.74, 6) is -0.213. The van der Waals surface area contributed by atoms with Crippen LogP contribution in [0.25, 0.3) is 5.69 Å². The molecule has 1 aliphatic rings. The monoisotopic (exact) mass is 307 g/mol. The number of nitrogens with one attached hydrogen (secondary N) is 2. The standard InChI is InChI=1S/C13H14ClN5O2/c14-9-2-1-3-10(12(9)19-7-15-6-17-19)18-13(21)11-4-8(20)5-16-11/h1-3,6-8,11,16,20H,4-5H2,(H,18,21). The summed E-state index contributed by atoms with van der Waals surface area (Å²) >= 11 is 6.19. The van der Waals surface area contributed by atoms with Gasteiger partial charge >= 0.3 is 0 Å². The summed E-state index contributed by atoms with van der Waals surface area (Å²) in [6.07, 6.45) is 2.80. The number of nitrogens with zero attached hydrogens (tertiary/aromatic N) is 3. The molecule has 3 rings (SSSR count). The first-order chi connectivity index (χ1) is 10.1. The van der Waals surface area contributed by atoms with Gasteiger partial charge in [0.1, 0.15) is 18.3 Å². The van der Waals surface area contributed by atoms with Gasteiger partial charge in [-0.2, -0.15) is 5.10 Å². The molecule has 2 atom stereocenters. The molecule has 0 aliphatic carbocycles. The van der Waals surface area contributed by atoms with Crippen LogP contribution >= 0.6 is 11.6 Å². The molecule has 2 aromatic rings. The first-order valence-corrected chi connectivity index (χ1v) is 6.89. The number of halogens is 1. The van der Waals surface area contributed by atoms with Crippen LogP contribution in [0.1, 0.15) is 6.42 Å². The van der Waals surface area contributed by atoms with Gasteiger partial charge in [0.2, 0.25) is 5.91 Å². The molecule has 1 aromatic heterocycles. The largest absolute Gasteiger partial charge is 0.392 e. The van der Waals surface area contributed by atoms with Crippen LogP contribution in [0, 0.1) is 0 Å². The van der Waals surface area contributed by atoms with E-state index in [1.165, 1.54) is 17.3 Å². The van der Waals surface area contributed by atoms with E-state index in [4.69, 9.17) is 11.6 Å². The van der Waals surface area contributed by atoms with Gasteiger partial charge in [-0.25, -0.2) is 9.67 Å². The molecule has 1 amide bonds.